The first-order chi connectivity index (χ1) is 18.6. The monoisotopic (exact) mass is 512 g/mol. The van der Waals surface area contributed by atoms with Crippen molar-refractivity contribution in [3.8, 4) is 24.3 Å². The Bertz CT molecular complexity index is 1170. The van der Waals surface area contributed by atoms with Crippen LogP contribution < -0.4 is 9.47 Å². The summed E-state index contributed by atoms with van der Waals surface area (Å²) in [4.78, 5) is 18.8. The number of nitrogens with zero attached hydrogens (tertiary/aromatic N) is 2. The molecule has 0 saturated heterocycles. The van der Waals surface area contributed by atoms with Crippen LogP contribution in [0.25, 0.3) is 0 Å². The fraction of sp³-hybridized carbons (Fsp3) is 0.250. The second kappa shape index (κ2) is 17.0. The third-order valence-corrected chi connectivity index (χ3v) is 5.66. The Labute approximate surface area is 226 Å². The van der Waals surface area contributed by atoms with E-state index in [2.05, 4.69) is 24.6 Å². The Morgan fingerprint density at radius 3 is 2.32 bits per heavy atom. The summed E-state index contributed by atoms with van der Waals surface area (Å²) in [5, 5.41) is 0. The van der Waals surface area contributed by atoms with Crippen LogP contribution in [0.5, 0.6) is 11.5 Å². The Morgan fingerprint density at radius 1 is 0.947 bits per heavy atom. The average Bonchev–Trinajstić information content (AvgIpc) is 2.97. The standard InChI is InChI=1S/C30H34N2O4.C2H2/c1-4-32(30(33)20-24-13-15-28(34-3)16-14-24)21-26-11-8-12-29(19-26)36-18-17-27(31-2)23-35-22-25-9-6-5-7-10-25;1-2/h5-16,19,23H,2,4,17-18,20-22H2,1,3H3;1-2H/b27-23-;. The summed E-state index contributed by atoms with van der Waals surface area (Å²) >= 11 is 0. The van der Waals surface area contributed by atoms with E-state index in [1.807, 2.05) is 90.7 Å². The van der Waals surface area contributed by atoms with Crippen molar-refractivity contribution in [3.63, 3.8) is 0 Å². The van der Waals surface area contributed by atoms with Crippen LogP contribution in [0.4, 0.5) is 0 Å². The van der Waals surface area contributed by atoms with Crippen molar-refractivity contribution >= 4 is 12.6 Å². The summed E-state index contributed by atoms with van der Waals surface area (Å²) in [5.74, 6) is 1.61. The van der Waals surface area contributed by atoms with Gasteiger partial charge in [-0.3, -0.25) is 9.79 Å². The minimum absolute atomic E-state index is 0.0799. The van der Waals surface area contributed by atoms with Crippen molar-refractivity contribution in [2.75, 3.05) is 20.3 Å². The van der Waals surface area contributed by atoms with Gasteiger partial charge in [-0.2, -0.15) is 0 Å². The van der Waals surface area contributed by atoms with Crippen molar-refractivity contribution in [1.29, 1.82) is 0 Å². The van der Waals surface area contributed by atoms with Gasteiger partial charge in [-0.05, 0) is 54.6 Å². The molecule has 6 heteroatoms. The van der Waals surface area contributed by atoms with Crippen LogP contribution in [0, 0.1) is 12.8 Å². The largest absolute Gasteiger partial charge is 0.497 e. The number of hydrogen-bond acceptors (Lipinski definition) is 5. The zero-order valence-electron chi connectivity index (χ0n) is 22.2. The smallest absolute Gasteiger partial charge is 0.227 e. The van der Waals surface area contributed by atoms with E-state index in [9.17, 15) is 4.79 Å². The molecule has 0 atom stereocenters. The SMILES string of the molecule is C#C.C=N/C(=C\OCc1ccccc1)CCOc1cccc(CN(CC)C(=O)Cc2ccc(OC)cc2)c1. The fourth-order valence-corrected chi connectivity index (χ4v) is 3.62. The molecule has 0 unspecified atom stereocenters. The summed E-state index contributed by atoms with van der Waals surface area (Å²) in [6.07, 6.45) is 10.6. The molecular weight excluding hydrogens is 476 g/mol. The first-order valence-electron chi connectivity index (χ1n) is 12.4. The number of likely N-dealkylation sites (N-methyl/N-ethyl adjacent to an activating group) is 1. The molecule has 198 valence electrons. The van der Waals surface area contributed by atoms with Crippen LogP contribution in [0.2, 0.25) is 0 Å². The number of carbonyl (C=O) groups excluding carboxylic acids is 1. The van der Waals surface area contributed by atoms with Crippen LogP contribution in [-0.2, 0) is 29.1 Å². The molecule has 3 aromatic carbocycles. The van der Waals surface area contributed by atoms with Crippen LogP contribution >= 0.6 is 0 Å². The lowest BCUT2D eigenvalue weighted by molar-refractivity contribution is -0.130. The minimum atomic E-state index is 0.0799. The summed E-state index contributed by atoms with van der Waals surface area (Å²) in [6, 6.07) is 25.4. The van der Waals surface area contributed by atoms with E-state index in [0.717, 1.165) is 33.9 Å². The number of aliphatic imine (C=N–C) groups is 1. The minimum Gasteiger partial charge on any atom is -0.497 e. The molecule has 0 aliphatic heterocycles. The number of hydrogen-bond donors (Lipinski definition) is 0. The Hall–Kier alpha value is -4.50. The first kappa shape index (κ1) is 29.7. The van der Waals surface area contributed by atoms with Crippen LogP contribution in [0.15, 0.2) is 95.8 Å². The molecule has 3 aromatic rings. The van der Waals surface area contributed by atoms with Crippen molar-refractivity contribution in [3.05, 3.63) is 108 Å². The summed E-state index contributed by atoms with van der Waals surface area (Å²) in [6.45, 7) is 7.69. The number of amides is 1. The van der Waals surface area contributed by atoms with Gasteiger partial charge >= 0.3 is 0 Å². The van der Waals surface area contributed by atoms with Gasteiger partial charge in [0.15, 0.2) is 0 Å². The molecule has 6 nitrogen and oxygen atoms in total. The van der Waals surface area contributed by atoms with Gasteiger partial charge in [0.2, 0.25) is 5.91 Å². The van der Waals surface area contributed by atoms with Gasteiger partial charge in [-0.1, -0.05) is 54.6 Å². The van der Waals surface area contributed by atoms with Crippen molar-refractivity contribution in [1.82, 2.24) is 4.90 Å². The third kappa shape index (κ3) is 10.2. The molecule has 0 spiro atoms. The fourth-order valence-electron chi connectivity index (χ4n) is 3.62. The summed E-state index contributed by atoms with van der Waals surface area (Å²) in [7, 11) is 1.63. The number of carbonyl (C=O) groups is 1. The molecule has 0 fully saturated rings. The van der Waals surface area contributed by atoms with Crippen molar-refractivity contribution in [2.24, 2.45) is 4.99 Å². The lowest BCUT2D eigenvalue weighted by atomic mass is 10.1. The molecule has 0 N–H and O–H groups in total. The molecule has 1 amide bonds. The number of ether oxygens (including phenoxy) is 3. The molecule has 0 aliphatic carbocycles. The Kier molecular flexibility index (Phi) is 13.3. The van der Waals surface area contributed by atoms with E-state index < -0.39 is 0 Å². The molecule has 0 radical (unpaired) electrons. The number of methoxy groups -OCH3 is 1. The molecule has 0 bridgehead atoms. The number of terminal acetylenes is 1. The van der Waals surface area contributed by atoms with Gasteiger partial charge < -0.3 is 19.1 Å². The van der Waals surface area contributed by atoms with Crippen LogP contribution in [-0.4, -0.2) is 37.8 Å². The highest BCUT2D eigenvalue weighted by Crippen LogP contribution is 2.18. The second-order valence-electron chi connectivity index (χ2n) is 8.24. The quantitative estimate of drug-likeness (QED) is 0.150. The highest BCUT2D eigenvalue weighted by molar-refractivity contribution is 5.78. The first-order valence-corrected chi connectivity index (χ1v) is 12.4. The van der Waals surface area contributed by atoms with Gasteiger partial charge in [0, 0.05) is 19.5 Å². The predicted octanol–water partition coefficient (Wildman–Crippen LogP) is 6.06. The zero-order valence-corrected chi connectivity index (χ0v) is 22.2. The van der Waals surface area contributed by atoms with E-state index >= 15 is 0 Å². The summed E-state index contributed by atoms with van der Waals surface area (Å²) < 4.78 is 16.8. The molecule has 38 heavy (non-hydrogen) atoms. The molecular formula is C32H36N2O4. The molecule has 0 aromatic heterocycles. The zero-order chi connectivity index (χ0) is 27.6. The van der Waals surface area contributed by atoms with E-state index in [-0.39, 0.29) is 5.91 Å². The topological polar surface area (TPSA) is 60.4 Å². The lowest BCUT2D eigenvalue weighted by Crippen LogP contribution is -2.31. The second-order valence-corrected chi connectivity index (χ2v) is 8.24. The van der Waals surface area contributed by atoms with E-state index in [1.54, 1.807) is 13.4 Å². The highest BCUT2D eigenvalue weighted by Gasteiger charge is 2.13. The average molecular weight is 513 g/mol. The van der Waals surface area contributed by atoms with Crippen LogP contribution in [0.3, 0.4) is 0 Å². The Morgan fingerprint density at radius 2 is 1.66 bits per heavy atom. The van der Waals surface area contributed by atoms with Crippen molar-refractivity contribution < 1.29 is 19.0 Å². The molecule has 3 rings (SSSR count). The maximum Gasteiger partial charge on any atom is 0.227 e. The summed E-state index contributed by atoms with van der Waals surface area (Å²) in [5.41, 5.74) is 3.79. The normalized spacial score (nSPS) is 10.5. The highest BCUT2D eigenvalue weighted by atomic mass is 16.5. The van der Waals surface area contributed by atoms with Gasteiger partial charge in [0.05, 0.1) is 25.8 Å². The van der Waals surface area contributed by atoms with Gasteiger partial charge in [-0.15, -0.1) is 12.8 Å². The maximum atomic E-state index is 12.9. The van der Waals surface area contributed by atoms with E-state index in [0.29, 0.717) is 39.1 Å². The lowest BCUT2D eigenvalue weighted by Gasteiger charge is -2.21. The van der Waals surface area contributed by atoms with Gasteiger partial charge in [0.25, 0.3) is 0 Å². The van der Waals surface area contributed by atoms with Crippen molar-refractivity contribution in [2.45, 2.75) is 32.9 Å². The molecule has 0 heterocycles. The third-order valence-electron chi connectivity index (χ3n) is 5.66. The van der Waals surface area contributed by atoms with E-state index in [1.165, 1.54) is 0 Å². The van der Waals surface area contributed by atoms with Gasteiger partial charge in [0.1, 0.15) is 24.4 Å². The number of rotatable bonds is 14. The molecule has 0 aliphatic rings. The Balaban J connectivity index is 0.00000247. The number of benzene rings is 3. The maximum absolute atomic E-state index is 12.9. The molecule has 0 saturated carbocycles. The predicted molar refractivity (Wildman–Crippen MR) is 153 cm³/mol. The van der Waals surface area contributed by atoms with E-state index in [4.69, 9.17) is 14.2 Å². The van der Waals surface area contributed by atoms with Crippen LogP contribution in [0.1, 0.15) is 30.0 Å². The van der Waals surface area contributed by atoms with Gasteiger partial charge in [-0.25, -0.2) is 0 Å².